The molecule has 1 atom stereocenters. The lowest BCUT2D eigenvalue weighted by Crippen LogP contribution is -2.10. The van der Waals surface area contributed by atoms with Crippen LogP contribution in [0.4, 0.5) is 5.69 Å². The molecule has 0 radical (unpaired) electrons. The van der Waals surface area contributed by atoms with Crippen LogP contribution in [0, 0.1) is 6.92 Å². The lowest BCUT2D eigenvalue weighted by molar-refractivity contribution is 0.748. The summed E-state index contributed by atoms with van der Waals surface area (Å²) in [7, 11) is 0. The second kappa shape index (κ2) is 6.31. The molecule has 0 aliphatic carbocycles. The van der Waals surface area contributed by atoms with Gasteiger partial charge in [-0.25, -0.2) is 0 Å². The summed E-state index contributed by atoms with van der Waals surface area (Å²) in [5.74, 6) is 0. The highest BCUT2D eigenvalue weighted by atomic mass is 35.5. The number of benzene rings is 2. The van der Waals surface area contributed by atoms with E-state index >= 15 is 0 Å². The smallest absolute Gasteiger partial charge is 0.0511 e. The SMILES string of the molecule is CCC(Nc1cc(Cl)ccc1C)c1ccc(Cl)cc1. The Morgan fingerprint density at radius 3 is 2.26 bits per heavy atom. The normalized spacial score (nSPS) is 12.2. The summed E-state index contributed by atoms with van der Waals surface area (Å²) in [6.07, 6.45) is 0.994. The molecule has 2 rings (SSSR count). The highest BCUT2D eigenvalue weighted by Gasteiger charge is 2.10. The number of rotatable bonds is 4. The van der Waals surface area contributed by atoms with Crippen LogP contribution in [0.1, 0.15) is 30.5 Å². The van der Waals surface area contributed by atoms with Crippen LogP contribution in [-0.2, 0) is 0 Å². The van der Waals surface area contributed by atoms with Gasteiger partial charge >= 0.3 is 0 Å². The molecule has 1 N–H and O–H groups in total. The predicted octanol–water partition coefficient (Wildman–Crippen LogP) is 5.87. The Morgan fingerprint density at radius 2 is 1.63 bits per heavy atom. The highest BCUT2D eigenvalue weighted by molar-refractivity contribution is 6.31. The summed E-state index contributed by atoms with van der Waals surface area (Å²) < 4.78 is 0. The third-order valence-electron chi connectivity index (χ3n) is 3.21. The summed E-state index contributed by atoms with van der Waals surface area (Å²) in [6.45, 7) is 4.24. The molecular weight excluding hydrogens is 277 g/mol. The van der Waals surface area contributed by atoms with Crippen LogP contribution in [0.3, 0.4) is 0 Å². The van der Waals surface area contributed by atoms with E-state index in [9.17, 15) is 0 Å². The van der Waals surface area contributed by atoms with Gasteiger partial charge in [0.2, 0.25) is 0 Å². The summed E-state index contributed by atoms with van der Waals surface area (Å²) in [4.78, 5) is 0. The van der Waals surface area contributed by atoms with Crippen molar-refractivity contribution in [1.82, 2.24) is 0 Å². The van der Waals surface area contributed by atoms with Crippen LogP contribution in [0.15, 0.2) is 42.5 Å². The minimum Gasteiger partial charge on any atom is -0.378 e. The maximum absolute atomic E-state index is 6.05. The molecule has 0 fully saturated rings. The summed E-state index contributed by atoms with van der Waals surface area (Å²) >= 11 is 12.0. The molecule has 0 heterocycles. The molecule has 0 bridgehead atoms. The van der Waals surface area contributed by atoms with E-state index in [0.717, 1.165) is 22.2 Å². The van der Waals surface area contributed by atoms with Gasteiger partial charge in [0.15, 0.2) is 0 Å². The maximum atomic E-state index is 6.05. The van der Waals surface area contributed by atoms with Crippen LogP contribution in [0.2, 0.25) is 10.0 Å². The first-order valence-corrected chi connectivity index (χ1v) is 7.14. The fourth-order valence-electron chi connectivity index (χ4n) is 2.05. The van der Waals surface area contributed by atoms with Crippen LogP contribution in [-0.4, -0.2) is 0 Å². The number of hydrogen-bond donors (Lipinski definition) is 1. The van der Waals surface area contributed by atoms with Crippen molar-refractivity contribution >= 4 is 28.9 Å². The standard InChI is InChI=1S/C16H17Cl2N/c1-3-15(12-5-8-13(17)9-6-12)19-16-10-14(18)7-4-11(16)2/h4-10,15,19H,3H2,1-2H3. The van der Waals surface area contributed by atoms with Crippen LogP contribution in [0.25, 0.3) is 0 Å². The molecular formula is C16H17Cl2N. The van der Waals surface area contributed by atoms with E-state index in [4.69, 9.17) is 23.2 Å². The van der Waals surface area contributed by atoms with E-state index in [2.05, 4.69) is 31.3 Å². The second-order valence-electron chi connectivity index (χ2n) is 4.62. The zero-order valence-corrected chi connectivity index (χ0v) is 12.6. The number of nitrogens with one attached hydrogen (secondary N) is 1. The molecule has 100 valence electrons. The van der Waals surface area contributed by atoms with Gasteiger partial charge in [-0.1, -0.05) is 48.3 Å². The van der Waals surface area contributed by atoms with Gasteiger partial charge in [0.1, 0.15) is 0 Å². The van der Waals surface area contributed by atoms with Crippen molar-refractivity contribution in [1.29, 1.82) is 0 Å². The molecule has 0 spiro atoms. The summed E-state index contributed by atoms with van der Waals surface area (Å²) in [6, 6.07) is 14.1. The fraction of sp³-hybridized carbons (Fsp3) is 0.250. The predicted molar refractivity (Wildman–Crippen MR) is 84.3 cm³/mol. The first-order valence-electron chi connectivity index (χ1n) is 6.38. The summed E-state index contributed by atoms with van der Waals surface area (Å²) in [5.41, 5.74) is 3.50. The molecule has 0 aliphatic rings. The van der Waals surface area contributed by atoms with Gasteiger partial charge in [0, 0.05) is 15.7 Å². The van der Waals surface area contributed by atoms with Gasteiger partial charge in [-0.15, -0.1) is 0 Å². The van der Waals surface area contributed by atoms with Crippen LogP contribution >= 0.6 is 23.2 Å². The van der Waals surface area contributed by atoms with Crippen molar-refractivity contribution in [2.24, 2.45) is 0 Å². The number of anilines is 1. The van der Waals surface area contributed by atoms with Crippen molar-refractivity contribution in [3.63, 3.8) is 0 Å². The lowest BCUT2D eigenvalue weighted by Gasteiger charge is -2.20. The van der Waals surface area contributed by atoms with Gasteiger partial charge in [-0.05, 0) is 48.7 Å². The molecule has 0 amide bonds. The van der Waals surface area contributed by atoms with Crippen LogP contribution in [0.5, 0.6) is 0 Å². The molecule has 1 unspecified atom stereocenters. The highest BCUT2D eigenvalue weighted by Crippen LogP contribution is 2.27. The van der Waals surface area contributed by atoms with E-state index in [0.29, 0.717) is 0 Å². The average Bonchev–Trinajstić information content (AvgIpc) is 2.41. The molecule has 1 nitrogen and oxygen atoms in total. The number of aryl methyl sites for hydroxylation is 1. The van der Waals surface area contributed by atoms with E-state index in [1.54, 1.807) is 0 Å². The Bertz CT molecular complexity index is 549. The van der Waals surface area contributed by atoms with E-state index in [1.165, 1.54) is 11.1 Å². The van der Waals surface area contributed by atoms with Gasteiger partial charge in [-0.3, -0.25) is 0 Å². The minimum atomic E-state index is 0.259. The Hall–Kier alpha value is -1.18. The minimum absolute atomic E-state index is 0.259. The van der Waals surface area contributed by atoms with Gasteiger partial charge in [-0.2, -0.15) is 0 Å². The van der Waals surface area contributed by atoms with Crippen molar-refractivity contribution in [3.05, 3.63) is 63.6 Å². The van der Waals surface area contributed by atoms with Crippen molar-refractivity contribution in [3.8, 4) is 0 Å². The molecule has 2 aromatic carbocycles. The van der Waals surface area contributed by atoms with E-state index < -0.39 is 0 Å². The Kier molecular flexibility index (Phi) is 4.73. The largest absolute Gasteiger partial charge is 0.378 e. The zero-order chi connectivity index (χ0) is 13.8. The Morgan fingerprint density at radius 1 is 1.00 bits per heavy atom. The second-order valence-corrected chi connectivity index (χ2v) is 5.49. The van der Waals surface area contributed by atoms with E-state index in [-0.39, 0.29) is 6.04 Å². The van der Waals surface area contributed by atoms with Crippen LogP contribution < -0.4 is 5.32 Å². The van der Waals surface area contributed by atoms with Gasteiger partial charge < -0.3 is 5.32 Å². The average molecular weight is 294 g/mol. The molecule has 3 heteroatoms. The molecule has 0 saturated heterocycles. The van der Waals surface area contributed by atoms with Gasteiger partial charge in [0.25, 0.3) is 0 Å². The van der Waals surface area contributed by atoms with Crippen molar-refractivity contribution in [2.45, 2.75) is 26.3 Å². The van der Waals surface area contributed by atoms with Crippen molar-refractivity contribution in [2.75, 3.05) is 5.32 Å². The molecule has 2 aromatic rings. The van der Waals surface area contributed by atoms with Gasteiger partial charge in [0.05, 0.1) is 6.04 Å². The third-order valence-corrected chi connectivity index (χ3v) is 3.70. The zero-order valence-electron chi connectivity index (χ0n) is 11.1. The third kappa shape index (κ3) is 3.65. The number of hydrogen-bond acceptors (Lipinski definition) is 1. The van der Waals surface area contributed by atoms with Crippen molar-refractivity contribution < 1.29 is 0 Å². The monoisotopic (exact) mass is 293 g/mol. The first-order chi connectivity index (χ1) is 9.10. The lowest BCUT2D eigenvalue weighted by atomic mass is 10.0. The molecule has 19 heavy (non-hydrogen) atoms. The number of halogens is 2. The topological polar surface area (TPSA) is 12.0 Å². The Balaban J connectivity index is 2.23. The summed E-state index contributed by atoms with van der Waals surface area (Å²) in [5, 5.41) is 5.06. The molecule has 0 saturated carbocycles. The quantitative estimate of drug-likeness (QED) is 0.744. The first kappa shape index (κ1) is 14.2. The fourth-order valence-corrected chi connectivity index (χ4v) is 2.35. The Labute approximate surface area is 124 Å². The molecule has 0 aromatic heterocycles. The maximum Gasteiger partial charge on any atom is 0.0511 e. The van der Waals surface area contributed by atoms with E-state index in [1.807, 2.05) is 30.3 Å². The molecule has 0 aliphatic heterocycles.